The van der Waals surface area contributed by atoms with Gasteiger partial charge in [0, 0.05) is 38.3 Å². The number of methoxy groups -OCH3 is 1. The zero-order valence-corrected chi connectivity index (χ0v) is 39.4. The van der Waals surface area contributed by atoms with Gasteiger partial charge in [0.2, 0.25) is 11.8 Å². The zero-order valence-electron chi connectivity index (χ0n) is 39.4. The first-order chi connectivity index (χ1) is 32.7. The lowest BCUT2D eigenvalue weighted by Gasteiger charge is -2.35. The smallest absolute Gasteiger partial charge is 0.407 e. The molecule has 0 saturated carbocycles. The molecule has 18 heteroatoms. The van der Waals surface area contributed by atoms with Crippen LogP contribution in [-0.2, 0) is 14.3 Å². The van der Waals surface area contributed by atoms with E-state index in [4.69, 9.17) is 14.7 Å². The first kappa shape index (κ1) is 46.6. The van der Waals surface area contributed by atoms with E-state index in [0.717, 1.165) is 54.3 Å². The second-order valence-corrected chi connectivity index (χ2v) is 19.5. The summed E-state index contributed by atoms with van der Waals surface area (Å²) in [6.45, 7) is 9.71. The molecular formula is C50H62F2N10O6. The van der Waals surface area contributed by atoms with Crippen LogP contribution in [0.4, 0.5) is 29.7 Å². The van der Waals surface area contributed by atoms with Gasteiger partial charge in [0.1, 0.15) is 35.4 Å². The van der Waals surface area contributed by atoms with E-state index in [1.54, 1.807) is 9.80 Å². The third kappa shape index (κ3) is 9.00. The molecule has 362 valence electrons. The number of amides is 4. The number of rotatable bonds is 12. The molecule has 0 spiro atoms. The Balaban J connectivity index is 1.04. The minimum absolute atomic E-state index is 0.163. The zero-order chi connectivity index (χ0) is 48.0. The molecule has 5 aromatic rings. The van der Waals surface area contributed by atoms with Gasteiger partial charge in [0.05, 0.1) is 64.7 Å². The molecule has 6 heterocycles. The van der Waals surface area contributed by atoms with Crippen LogP contribution in [0.3, 0.4) is 0 Å². The lowest BCUT2D eigenvalue weighted by Crippen LogP contribution is -2.51. The van der Waals surface area contributed by atoms with Gasteiger partial charge in [-0.3, -0.25) is 9.59 Å². The molecule has 4 aliphatic rings. The van der Waals surface area contributed by atoms with Crippen molar-refractivity contribution in [3.8, 4) is 0 Å². The van der Waals surface area contributed by atoms with E-state index in [9.17, 15) is 24.3 Å². The van der Waals surface area contributed by atoms with Crippen molar-refractivity contribution in [1.29, 1.82) is 0 Å². The third-order valence-electron chi connectivity index (χ3n) is 14.5. The molecule has 0 radical (unpaired) electrons. The second-order valence-electron chi connectivity index (χ2n) is 19.5. The van der Waals surface area contributed by atoms with Crippen LogP contribution in [0.2, 0.25) is 0 Å². The van der Waals surface area contributed by atoms with Gasteiger partial charge in [-0.05, 0) is 105 Å². The summed E-state index contributed by atoms with van der Waals surface area (Å²) >= 11 is 0. The molecule has 0 aliphatic carbocycles. The van der Waals surface area contributed by atoms with Crippen LogP contribution in [-0.4, -0.2) is 104 Å². The van der Waals surface area contributed by atoms with Gasteiger partial charge in [-0.2, -0.15) is 0 Å². The molecule has 2 aromatic heterocycles. The Morgan fingerprint density at radius 2 is 1.13 bits per heavy atom. The van der Waals surface area contributed by atoms with Crippen molar-refractivity contribution < 1.29 is 37.8 Å². The molecule has 4 amide bonds. The number of piperidine rings is 1. The standard InChI is InChI=1S/C50H62F2N10O6/c1-27(2)43(57-49(65)66)47(63)60-21-9-11-39(60)45-53-33-15-13-29(23-35(33)55-45)37-17-18-38(62(37)42-26-31(51)41(25-32(42)52)59-19-7-6-8-20-59)30-14-16-34-36(24-30)56-46(54-34)40-12-10-22-61(40)48(64)44(28(3)4)58-50(67)68-5/h13-16,23-28,37-40,43-44,57H,6-12,17-22H2,1-5H3,(H,53,55)(H,54,56)(H,58,67)(H,65,66)/t37-,38-,39+,40+,43+,44+/m1/s1. The van der Waals surface area contributed by atoms with Crippen molar-refractivity contribution in [1.82, 2.24) is 40.4 Å². The maximum Gasteiger partial charge on any atom is 0.407 e. The molecule has 3 aromatic carbocycles. The molecule has 4 saturated heterocycles. The molecule has 5 N–H and O–H groups in total. The Kier molecular flexibility index (Phi) is 13.2. The molecule has 16 nitrogen and oxygen atoms in total. The number of likely N-dealkylation sites (tertiary alicyclic amines) is 2. The number of carbonyl (C=O) groups excluding carboxylic acids is 3. The highest BCUT2D eigenvalue weighted by molar-refractivity contribution is 5.87. The highest BCUT2D eigenvalue weighted by Gasteiger charge is 2.41. The van der Waals surface area contributed by atoms with Crippen molar-refractivity contribution in [2.24, 2.45) is 11.8 Å². The monoisotopic (exact) mass is 936 g/mol. The lowest BCUT2D eigenvalue weighted by molar-refractivity contribution is -0.136. The van der Waals surface area contributed by atoms with Crippen molar-refractivity contribution in [2.45, 2.75) is 122 Å². The summed E-state index contributed by atoms with van der Waals surface area (Å²) in [5, 5.41) is 14.6. The number of carboxylic acid groups (broad SMARTS) is 1. The largest absolute Gasteiger partial charge is 0.465 e. The van der Waals surface area contributed by atoms with Crippen molar-refractivity contribution in [3.63, 3.8) is 0 Å². The Morgan fingerprint density at radius 3 is 1.62 bits per heavy atom. The number of halogens is 2. The highest BCUT2D eigenvalue weighted by Crippen LogP contribution is 2.49. The van der Waals surface area contributed by atoms with Gasteiger partial charge >= 0.3 is 12.2 Å². The van der Waals surface area contributed by atoms with E-state index < -0.39 is 35.9 Å². The number of hydrogen-bond acceptors (Lipinski definition) is 9. The molecule has 0 bridgehead atoms. The SMILES string of the molecule is COC(=O)N[C@H](C(=O)N1CCC[C@H]1c1nc2cc([C@H]3CC[C@H](c4ccc5[nH]c([C@@H]6CCCN6C(=O)[C@@H](NC(=O)O)C(C)C)nc5c4)N3c3cc(F)c(N4CCCCC4)cc3F)ccc2[nH]1)C(C)C. The van der Waals surface area contributed by atoms with Crippen LogP contribution < -0.4 is 20.4 Å². The number of fused-ring (bicyclic) bond motifs is 2. The van der Waals surface area contributed by atoms with Crippen molar-refractivity contribution in [3.05, 3.63) is 82.9 Å². The molecular weight excluding hydrogens is 875 g/mol. The molecule has 4 fully saturated rings. The Morgan fingerprint density at radius 1 is 0.647 bits per heavy atom. The summed E-state index contributed by atoms with van der Waals surface area (Å²) in [5.74, 6) is -0.653. The number of nitrogens with one attached hydrogen (secondary N) is 4. The number of aromatic amines is 2. The molecule has 68 heavy (non-hydrogen) atoms. The van der Waals surface area contributed by atoms with Gasteiger partial charge in [0.25, 0.3) is 0 Å². The summed E-state index contributed by atoms with van der Waals surface area (Å²) in [5.41, 5.74) is 5.08. The Labute approximate surface area is 394 Å². The Hall–Kier alpha value is -6.46. The number of H-pyrrole nitrogens is 2. The lowest BCUT2D eigenvalue weighted by atomic mass is 10.0. The van der Waals surface area contributed by atoms with E-state index >= 15 is 8.78 Å². The van der Waals surface area contributed by atoms with Gasteiger partial charge < -0.3 is 50.0 Å². The van der Waals surface area contributed by atoms with Crippen LogP contribution in [0, 0.1) is 23.5 Å². The highest BCUT2D eigenvalue weighted by atomic mass is 19.1. The molecule has 4 aliphatic heterocycles. The van der Waals surface area contributed by atoms with E-state index in [2.05, 4.69) is 20.6 Å². The first-order valence-electron chi connectivity index (χ1n) is 24.2. The number of anilines is 2. The first-order valence-corrected chi connectivity index (χ1v) is 24.2. The van der Waals surface area contributed by atoms with Gasteiger partial charge in [0.15, 0.2) is 0 Å². The predicted octanol–water partition coefficient (Wildman–Crippen LogP) is 8.79. The van der Waals surface area contributed by atoms with Crippen LogP contribution in [0.25, 0.3) is 22.1 Å². The van der Waals surface area contributed by atoms with E-state index in [1.165, 1.54) is 19.2 Å². The fourth-order valence-electron chi connectivity index (χ4n) is 11.1. The van der Waals surface area contributed by atoms with E-state index in [-0.39, 0.29) is 59.2 Å². The summed E-state index contributed by atoms with van der Waals surface area (Å²) in [6, 6.07) is 11.5. The van der Waals surface area contributed by atoms with Crippen molar-refractivity contribution >= 4 is 57.4 Å². The van der Waals surface area contributed by atoms with E-state index in [1.807, 2.05) is 73.9 Å². The van der Waals surface area contributed by atoms with Gasteiger partial charge in [-0.1, -0.05) is 39.8 Å². The van der Waals surface area contributed by atoms with Crippen molar-refractivity contribution in [2.75, 3.05) is 43.1 Å². The summed E-state index contributed by atoms with van der Waals surface area (Å²) in [4.78, 5) is 75.7. The second kappa shape index (κ2) is 19.3. The normalized spacial score (nSPS) is 21.9. The van der Waals surface area contributed by atoms with Crippen LogP contribution in [0.15, 0.2) is 48.5 Å². The van der Waals surface area contributed by atoms with Gasteiger partial charge in [-0.15, -0.1) is 0 Å². The fraction of sp³-hybridized carbons (Fsp3) is 0.520. The number of alkyl carbamates (subject to hydrolysis) is 1. The summed E-state index contributed by atoms with van der Waals surface area (Å²) in [7, 11) is 1.27. The number of nitrogens with zero attached hydrogens (tertiary/aromatic N) is 6. The third-order valence-corrected chi connectivity index (χ3v) is 14.5. The molecule has 9 rings (SSSR count). The van der Waals surface area contributed by atoms with Crippen LogP contribution in [0.1, 0.15) is 132 Å². The number of benzene rings is 3. The number of imidazole rings is 2. The number of carbonyl (C=O) groups is 4. The van der Waals surface area contributed by atoms with E-state index in [0.29, 0.717) is 74.5 Å². The maximum atomic E-state index is 16.8. The van der Waals surface area contributed by atoms with Crippen LogP contribution in [0.5, 0.6) is 0 Å². The van der Waals surface area contributed by atoms with Crippen LogP contribution >= 0.6 is 0 Å². The summed E-state index contributed by atoms with van der Waals surface area (Å²) < 4.78 is 38.0. The quantitative estimate of drug-likeness (QED) is 0.0808. The predicted molar refractivity (Wildman–Crippen MR) is 253 cm³/mol. The fourth-order valence-corrected chi connectivity index (χ4v) is 11.1. The maximum absolute atomic E-state index is 16.8. The molecule has 0 unspecified atom stereocenters. The minimum atomic E-state index is -1.25. The average Bonchev–Trinajstić information content (AvgIpc) is 4.18. The molecule has 6 atom stereocenters. The minimum Gasteiger partial charge on any atom is -0.465 e. The summed E-state index contributed by atoms with van der Waals surface area (Å²) in [6.07, 6.45) is 5.10. The number of ether oxygens (including phenoxy) is 1. The number of aromatic nitrogens is 4. The Bertz CT molecular complexity index is 2700. The number of hydrogen-bond donors (Lipinski definition) is 5. The topological polar surface area (TPSA) is 192 Å². The van der Waals surface area contributed by atoms with Gasteiger partial charge in [-0.25, -0.2) is 28.3 Å². The average molecular weight is 937 g/mol.